The molecule has 0 aromatic heterocycles. The number of anilines is 1. The lowest BCUT2D eigenvalue weighted by molar-refractivity contribution is 0.576. The van der Waals surface area contributed by atoms with Crippen LogP contribution in [0.1, 0.15) is 30.4 Å². The number of nitrogens with zero attached hydrogens (tertiary/aromatic N) is 1. The molecule has 0 aliphatic carbocycles. The van der Waals surface area contributed by atoms with E-state index >= 15 is 0 Å². The van der Waals surface area contributed by atoms with Crippen LogP contribution in [0.3, 0.4) is 0 Å². The second-order valence-electron chi connectivity index (χ2n) is 4.93. The Morgan fingerprint density at radius 1 is 1.00 bits per heavy atom. The van der Waals surface area contributed by atoms with Crippen molar-refractivity contribution in [3.63, 3.8) is 0 Å². The number of hydrogen-bond donors (Lipinski definition) is 1. The molecule has 0 radical (unpaired) electrons. The van der Waals surface area contributed by atoms with Gasteiger partial charge in [-0.1, -0.05) is 6.07 Å². The van der Waals surface area contributed by atoms with Crippen LogP contribution in [0.25, 0.3) is 0 Å². The summed E-state index contributed by atoms with van der Waals surface area (Å²) < 4.78 is 0. The fourth-order valence-corrected chi connectivity index (χ4v) is 2.82. The quantitative estimate of drug-likeness (QED) is 0.775. The van der Waals surface area contributed by atoms with E-state index in [1.165, 1.54) is 50.0 Å². The van der Waals surface area contributed by atoms with Crippen molar-refractivity contribution >= 4 is 5.69 Å². The minimum atomic E-state index is 1.05. The molecule has 2 heteroatoms. The highest BCUT2D eigenvalue weighted by Crippen LogP contribution is 2.24. The summed E-state index contributed by atoms with van der Waals surface area (Å²) in [5, 5.41) is 3.45. The maximum absolute atomic E-state index is 3.45. The van der Waals surface area contributed by atoms with Crippen molar-refractivity contribution in [3.8, 4) is 0 Å². The maximum Gasteiger partial charge on any atom is 0.0369 e. The third-order valence-corrected chi connectivity index (χ3v) is 3.80. The zero-order chi connectivity index (χ0) is 10.8. The van der Waals surface area contributed by atoms with Gasteiger partial charge >= 0.3 is 0 Å². The number of fused-ring (bicyclic) bond motifs is 1. The monoisotopic (exact) mass is 216 g/mol. The minimum absolute atomic E-state index is 1.05. The molecule has 86 valence electrons. The fourth-order valence-electron chi connectivity index (χ4n) is 2.82. The van der Waals surface area contributed by atoms with Gasteiger partial charge in [0, 0.05) is 25.3 Å². The van der Waals surface area contributed by atoms with Gasteiger partial charge in [-0.15, -0.1) is 0 Å². The fraction of sp³-hybridized carbons (Fsp3) is 0.571. The van der Waals surface area contributed by atoms with Crippen molar-refractivity contribution in [2.75, 3.05) is 24.5 Å². The van der Waals surface area contributed by atoms with E-state index in [-0.39, 0.29) is 0 Å². The summed E-state index contributed by atoms with van der Waals surface area (Å²) in [7, 11) is 0. The van der Waals surface area contributed by atoms with Crippen LogP contribution in [0, 0.1) is 0 Å². The maximum atomic E-state index is 3.45. The molecule has 16 heavy (non-hydrogen) atoms. The molecular formula is C14H20N2. The van der Waals surface area contributed by atoms with E-state index < -0.39 is 0 Å². The summed E-state index contributed by atoms with van der Waals surface area (Å²) in [5.74, 6) is 0. The zero-order valence-electron chi connectivity index (χ0n) is 9.84. The van der Waals surface area contributed by atoms with E-state index in [2.05, 4.69) is 28.4 Å². The smallest absolute Gasteiger partial charge is 0.0369 e. The zero-order valence-corrected chi connectivity index (χ0v) is 9.84. The van der Waals surface area contributed by atoms with Crippen molar-refractivity contribution in [2.45, 2.75) is 32.2 Å². The summed E-state index contributed by atoms with van der Waals surface area (Å²) >= 11 is 0. The summed E-state index contributed by atoms with van der Waals surface area (Å²) in [6.07, 6.45) is 5.31. The molecule has 0 atom stereocenters. The van der Waals surface area contributed by atoms with Crippen molar-refractivity contribution < 1.29 is 0 Å². The first-order valence-corrected chi connectivity index (χ1v) is 6.51. The molecule has 1 fully saturated rings. The van der Waals surface area contributed by atoms with Gasteiger partial charge in [0.15, 0.2) is 0 Å². The van der Waals surface area contributed by atoms with Gasteiger partial charge in [0.05, 0.1) is 0 Å². The normalized spacial score (nSPS) is 20.6. The first kappa shape index (κ1) is 10.2. The summed E-state index contributed by atoms with van der Waals surface area (Å²) in [4.78, 5) is 2.54. The lowest BCUT2D eigenvalue weighted by Crippen LogP contribution is -2.30. The van der Waals surface area contributed by atoms with Gasteiger partial charge in [0.2, 0.25) is 0 Å². The molecule has 1 saturated heterocycles. The van der Waals surface area contributed by atoms with Crippen LogP contribution in [0.4, 0.5) is 5.69 Å². The van der Waals surface area contributed by atoms with E-state index in [0.29, 0.717) is 0 Å². The molecule has 0 unspecified atom stereocenters. The van der Waals surface area contributed by atoms with Crippen molar-refractivity contribution in [1.29, 1.82) is 0 Å². The number of rotatable bonds is 1. The number of nitrogens with one attached hydrogen (secondary N) is 1. The third-order valence-electron chi connectivity index (χ3n) is 3.80. The number of hydrogen-bond acceptors (Lipinski definition) is 2. The molecule has 1 aromatic carbocycles. The summed E-state index contributed by atoms with van der Waals surface area (Å²) in [6, 6.07) is 7.04. The Morgan fingerprint density at radius 3 is 2.75 bits per heavy atom. The average molecular weight is 216 g/mol. The first-order valence-electron chi connectivity index (χ1n) is 6.51. The van der Waals surface area contributed by atoms with E-state index in [9.17, 15) is 0 Å². The molecule has 3 rings (SSSR count). The molecule has 2 nitrogen and oxygen atoms in total. The Morgan fingerprint density at radius 2 is 1.88 bits per heavy atom. The highest BCUT2D eigenvalue weighted by Gasteiger charge is 2.14. The summed E-state index contributed by atoms with van der Waals surface area (Å²) in [6.45, 7) is 4.67. The predicted molar refractivity (Wildman–Crippen MR) is 67.9 cm³/mol. The lowest BCUT2D eigenvalue weighted by Gasteiger charge is -2.30. The third kappa shape index (κ3) is 1.94. The Balaban J connectivity index is 1.84. The molecule has 0 bridgehead atoms. The second kappa shape index (κ2) is 4.46. The molecule has 2 heterocycles. The molecule has 0 saturated carbocycles. The summed E-state index contributed by atoms with van der Waals surface area (Å²) in [5.41, 5.74) is 4.48. The van der Waals surface area contributed by atoms with E-state index in [1.807, 2.05) is 0 Å². The van der Waals surface area contributed by atoms with Crippen LogP contribution in [0.2, 0.25) is 0 Å². The molecular weight excluding hydrogens is 196 g/mol. The van der Waals surface area contributed by atoms with Gasteiger partial charge in [-0.05, 0) is 55.5 Å². The van der Waals surface area contributed by atoms with E-state index in [4.69, 9.17) is 0 Å². The van der Waals surface area contributed by atoms with E-state index in [1.54, 1.807) is 5.56 Å². The minimum Gasteiger partial charge on any atom is -0.372 e. The van der Waals surface area contributed by atoms with Gasteiger partial charge in [-0.2, -0.15) is 0 Å². The van der Waals surface area contributed by atoms with Crippen molar-refractivity contribution in [1.82, 2.24) is 5.32 Å². The molecule has 1 N–H and O–H groups in total. The van der Waals surface area contributed by atoms with Crippen LogP contribution >= 0.6 is 0 Å². The lowest BCUT2D eigenvalue weighted by atomic mass is 9.99. The molecule has 0 spiro atoms. The van der Waals surface area contributed by atoms with Gasteiger partial charge in [-0.3, -0.25) is 0 Å². The van der Waals surface area contributed by atoms with Crippen LogP contribution in [0.15, 0.2) is 18.2 Å². The Hall–Kier alpha value is -1.02. The van der Waals surface area contributed by atoms with Crippen LogP contribution in [-0.4, -0.2) is 19.6 Å². The Bertz CT molecular complexity index is 367. The largest absolute Gasteiger partial charge is 0.372 e. The van der Waals surface area contributed by atoms with Crippen molar-refractivity contribution in [2.24, 2.45) is 0 Å². The highest BCUT2D eigenvalue weighted by molar-refractivity contribution is 5.51. The SMILES string of the molecule is c1cc2c(cc1N1CCCCC1)CNCC2. The first-order chi connectivity index (χ1) is 7.93. The molecule has 2 aliphatic heterocycles. The Kier molecular flexibility index (Phi) is 2.83. The highest BCUT2D eigenvalue weighted by atomic mass is 15.1. The second-order valence-corrected chi connectivity index (χ2v) is 4.93. The van der Waals surface area contributed by atoms with Gasteiger partial charge < -0.3 is 10.2 Å². The Labute approximate surface area is 97.6 Å². The van der Waals surface area contributed by atoms with Gasteiger partial charge in [-0.25, -0.2) is 0 Å². The van der Waals surface area contributed by atoms with Crippen LogP contribution in [-0.2, 0) is 13.0 Å². The topological polar surface area (TPSA) is 15.3 Å². The van der Waals surface area contributed by atoms with Crippen LogP contribution < -0.4 is 10.2 Å². The van der Waals surface area contributed by atoms with Gasteiger partial charge in [0.25, 0.3) is 0 Å². The van der Waals surface area contributed by atoms with Crippen LogP contribution in [0.5, 0.6) is 0 Å². The number of benzene rings is 1. The van der Waals surface area contributed by atoms with E-state index in [0.717, 1.165) is 13.1 Å². The standard InChI is InChI=1S/C14H20N2/c1-2-8-16(9-3-1)14-5-4-12-6-7-15-11-13(12)10-14/h4-5,10,15H,1-3,6-9,11H2. The predicted octanol–water partition coefficient (Wildman–Crippen LogP) is 2.32. The van der Waals surface area contributed by atoms with Crippen molar-refractivity contribution in [3.05, 3.63) is 29.3 Å². The molecule has 1 aromatic rings. The molecule has 0 amide bonds. The average Bonchev–Trinajstić information content (AvgIpc) is 2.39. The molecule has 2 aliphatic rings. The van der Waals surface area contributed by atoms with Gasteiger partial charge in [0.1, 0.15) is 0 Å². The number of piperidine rings is 1.